The molecule has 2 rings (SSSR count). The molecule has 5 amide bonds. The van der Waals surface area contributed by atoms with E-state index in [9.17, 15) is 29.2 Å². The summed E-state index contributed by atoms with van der Waals surface area (Å²) in [5.41, 5.74) is 0.914. The van der Waals surface area contributed by atoms with Gasteiger partial charge in [0.15, 0.2) is 12.4 Å². The third-order valence-corrected chi connectivity index (χ3v) is 8.52. The number of thiophene rings is 1. The lowest BCUT2D eigenvalue weighted by molar-refractivity contribution is -0.605. The molecule has 0 aliphatic rings. The number of carbonyl (C=O) groups is 5. The summed E-state index contributed by atoms with van der Waals surface area (Å²) < 4.78 is 0.567. The van der Waals surface area contributed by atoms with E-state index >= 15 is 0 Å². The Morgan fingerprint density at radius 3 is 2.06 bits per heavy atom. The van der Waals surface area contributed by atoms with Crippen LogP contribution < -0.4 is 36.6 Å². The molecule has 5 atom stereocenters. The molecule has 2 aromatic heterocycles. The molecule has 6 N–H and O–H groups in total. The predicted molar refractivity (Wildman–Crippen MR) is 190 cm³/mol. The lowest BCUT2D eigenvalue weighted by atomic mass is 9.87. The molecule has 2 heterocycles. The first kappa shape index (κ1) is 41.1. The third-order valence-electron chi connectivity index (χ3n) is 7.78. The Bertz CT molecular complexity index is 1360. The molecule has 0 unspecified atom stereocenters. The van der Waals surface area contributed by atoms with E-state index in [-0.39, 0.29) is 41.2 Å². The zero-order valence-corrected chi connectivity index (χ0v) is 30.9. The fourth-order valence-corrected chi connectivity index (χ4v) is 5.82. The van der Waals surface area contributed by atoms with Crippen molar-refractivity contribution < 1.29 is 28.7 Å². The molecular weight excluding hydrogens is 646 g/mol. The van der Waals surface area contributed by atoms with Gasteiger partial charge in [0, 0.05) is 31.3 Å². The predicted octanol–water partition coefficient (Wildman–Crippen LogP) is 2.18. The lowest BCUT2D eigenvalue weighted by Gasteiger charge is -2.29. The maximum atomic E-state index is 13.7. The molecule has 14 heteroatoms. The number of amides is 5. The fraction of sp³-hybridized carbons (Fsp3) is 0.600. The summed E-state index contributed by atoms with van der Waals surface area (Å²) >= 11 is 1.54. The van der Waals surface area contributed by atoms with Gasteiger partial charge in [-0.25, -0.2) is 0 Å². The van der Waals surface area contributed by atoms with Gasteiger partial charge in [0.1, 0.15) is 18.1 Å². The van der Waals surface area contributed by atoms with Crippen LogP contribution in [0.2, 0.25) is 0 Å². The van der Waals surface area contributed by atoms with Crippen molar-refractivity contribution in [1.82, 2.24) is 31.9 Å². The van der Waals surface area contributed by atoms with E-state index in [1.165, 1.54) is 35.9 Å². The molecule has 49 heavy (non-hydrogen) atoms. The second-order valence-electron chi connectivity index (χ2n) is 13.9. The van der Waals surface area contributed by atoms with Gasteiger partial charge in [0.25, 0.3) is 5.91 Å². The summed E-state index contributed by atoms with van der Waals surface area (Å²) in [6.07, 6.45) is 4.18. The van der Waals surface area contributed by atoms with Crippen LogP contribution in [-0.4, -0.2) is 72.8 Å². The van der Waals surface area contributed by atoms with E-state index in [0.29, 0.717) is 37.0 Å². The summed E-state index contributed by atoms with van der Waals surface area (Å²) in [6, 6.07) is 1.14. The highest BCUT2D eigenvalue weighted by Gasteiger charge is 2.31. The van der Waals surface area contributed by atoms with Crippen molar-refractivity contribution in [2.75, 3.05) is 13.1 Å². The molecule has 0 saturated carbocycles. The zero-order valence-electron chi connectivity index (χ0n) is 30.1. The van der Waals surface area contributed by atoms with Crippen LogP contribution in [0.4, 0.5) is 0 Å². The van der Waals surface area contributed by atoms with E-state index in [0.717, 1.165) is 5.56 Å². The van der Waals surface area contributed by atoms with Gasteiger partial charge in [0.2, 0.25) is 23.6 Å². The monoisotopic (exact) mass is 701 g/mol. The van der Waals surface area contributed by atoms with Crippen molar-refractivity contribution in [3.05, 3.63) is 57.7 Å². The minimum atomic E-state index is -0.934. The number of carbonyl (C=O) groups excluding carboxylic acids is 5. The van der Waals surface area contributed by atoms with Crippen LogP contribution in [0.5, 0.6) is 0 Å². The first-order valence-electron chi connectivity index (χ1n) is 17.0. The van der Waals surface area contributed by atoms with Crippen LogP contribution in [-0.2, 0) is 25.6 Å². The average Bonchev–Trinajstić information content (AvgIpc) is 3.54. The quantitative estimate of drug-likeness (QED) is 0.0958. The number of pyridine rings is 1. The van der Waals surface area contributed by atoms with Crippen LogP contribution in [0.3, 0.4) is 0 Å². The van der Waals surface area contributed by atoms with Crippen molar-refractivity contribution >= 4 is 40.9 Å². The molecule has 2 aromatic rings. The highest BCUT2D eigenvalue weighted by molar-refractivity contribution is 7.07. The number of aromatic nitrogens is 1. The van der Waals surface area contributed by atoms with E-state index in [4.69, 9.17) is 0 Å². The topological polar surface area (TPSA) is 184 Å². The van der Waals surface area contributed by atoms with Crippen LogP contribution >= 0.6 is 11.3 Å². The lowest BCUT2D eigenvalue weighted by Crippen LogP contribution is -2.58. The van der Waals surface area contributed by atoms with E-state index in [2.05, 4.69) is 31.9 Å². The van der Waals surface area contributed by atoms with Crippen LogP contribution in [0.15, 0.2) is 41.4 Å². The number of hydrogen-bond donors (Lipinski definition) is 6. The maximum Gasteiger partial charge on any atom is 0.252 e. The van der Waals surface area contributed by atoms with E-state index in [1.807, 2.05) is 65.3 Å². The first-order valence-corrected chi connectivity index (χ1v) is 17.9. The van der Waals surface area contributed by atoms with Gasteiger partial charge in [0.05, 0.1) is 11.6 Å². The summed E-state index contributed by atoms with van der Waals surface area (Å²) in [4.78, 5) is 65.9. The van der Waals surface area contributed by atoms with Gasteiger partial charge >= 0.3 is 0 Å². The number of nitrogens with one attached hydrogen (secondary N) is 6. The Kier molecular flexibility index (Phi) is 16.6. The second-order valence-corrected chi connectivity index (χ2v) is 14.7. The minimum absolute atomic E-state index is 0.111. The standard InChI is InChI=1S/C35H55N7O6S/c1-9-11-27(39-33(46)28(19-35(6,7)8)40-31(44)25-12-15-42(48)16-13-25)32(45)38-26(18-24-14-17-49-21-24)20-37-23(5)30(43)41-29(22(3)4)34(47)36-10-2/h12-17,21-23,26-29,37H,9-11,18-20H2,1-8H3,(H,36,47)(H,38,45)(H,39,46)(H,40,44)(H,41,43)/t23-,26-,27-,28-,29-/m0/s1. The van der Waals surface area contributed by atoms with Crippen LogP contribution in [0.1, 0.15) is 90.6 Å². The molecule has 0 aliphatic carbocycles. The summed E-state index contributed by atoms with van der Waals surface area (Å²) in [6.45, 7) is 15.7. The van der Waals surface area contributed by atoms with Crippen molar-refractivity contribution in [3.63, 3.8) is 0 Å². The minimum Gasteiger partial charge on any atom is -0.619 e. The molecule has 13 nitrogen and oxygen atoms in total. The van der Waals surface area contributed by atoms with Crippen LogP contribution in [0, 0.1) is 16.5 Å². The maximum absolute atomic E-state index is 13.7. The molecule has 0 saturated heterocycles. The normalized spacial score (nSPS) is 14.6. The van der Waals surface area contributed by atoms with Crippen molar-refractivity contribution in [2.24, 2.45) is 11.3 Å². The smallest absolute Gasteiger partial charge is 0.252 e. The molecule has 0 fully saturated rings. The highest BCUT2D eigenvalue weighted by Crippen LogP contribution is 2.21. The van der Waals surface area contributed by atoms with Crippen molar-refractivity contribution in [1.29, 1.82) is 0 Å². The molecule has 0 bridgehead atoms. The Morgan fingerprint density at radius 2 is 1.51 bits per heavy atom. The van der Waals surface area contributed by atoms with Crippen molar-refractivity contribution in [2.45, 2.75) is 111 Å². The van der Waals surface area contributed by atoms with Gasteiger partial charge < -0.3 is 37.1 Å². The molecule has 0 radical (unpaired) electrons. The summed E-state index contributed by atoms with van der Waals surface area (Å²) in [5, 5.41) is 32.9. The second kappa shape index (κ2) is 19.8. The molecule has 0 aliphatic heterocycles. The summed E-state index contributed by atoms with van der Waals surface area (Å²) in [5.74, 6) is -2.07. The Hall–Kier alpha value is -4.04. The summed E-state index contributed by atoms with van der Waals surface area (Å²) in [7, 11) is 0. The highest BCUT2D eigenvalue weighted by atomic mass is 32.1. The number of rotatable bonds is 19. The average molecular weight is 702 g/mol. The fourth-order valence-electron chi connectivity index (χ4n) is 5.14. The van der Waals surface area contributed by atoms with Gasteiger partial charge in [-0.15, -0.1) is 0 Å². The molecule has 0 spiro atoms. The first-order chi connectivity index (χ1) is 23.0. The van der Waals surface area contributed by atoms with Gasteiger partial charge in [-0.2, -0.15) is 16.1 Å². The Morgan fingerprint density at radius 1 is 0.857 bits per heavy atom. The molecular formula is C35H55N7O6S. The number of nitrogens with zero attached hydrogens (tertiary/aromatic N) is 1. The Labute approximate surface area is 294 Å². The largest absolute Gasteiger partial charge is 0.619 e. The van der Waals surface area contributed by atoms with Gasteiger partial charge in [-0.1, -0.05) is 48.0 Å². The van der Waals surface area contributed by atoms with E-state index in [1.54, 1.807) is 6.92 Å². The molecule has 0 aromatic carbocycles. The van der Waals surface area contributed by atoms with Crippen molar-refractivity contribution in [3.8, 4) is 0 Å². The molecule has 272 valence electrons. The zero-order chi connectivity index (χ0) is 36.7. The van der Waals surface area contributed by atoms with Crippen LogP contribution in [0.25, 0.3) is 0 Å². The Balaban J connectivity index is 2.17. The van der Waals surface area contributed by atoms with E-state index < -0.39 is 42.0 Å². The number of likely N-dealkylation sites (N-methyl/N-ethyl adjacent to an activating group) is 1. The SMILES string of the molecule is CCC[C@H](NC(=O)[C@H](CC(C)(C)C)NC(=O)c1cc[n+]([O-])cc1)C(=O)N[C@H](CN[C@@H](C)C(=O)N[C@H](C(=O)NCC)C(C)C)Cc1ccsc1. The van der Waals surface area contributed by atoms with Gasteiger partial charge in [-0.05, 0) is 66.8 Å². The van der Waals surface area contributed by atoms with Gasteiger partial charge in [-0.3, -0.25) is 24.0 Å². The number of hydrogen-bond acceptors (Lipinski definition) is 8. The third kappa shape index (κ3) is 14.5.